The quantitative estimate of drug-likeness (QED) is 0.237. The molecule has 4 saturated carbocycles. The zero-order chi connectivity index (χ0) is 49.7. The van der Waals surface area contributed by atoms with Crippen molar-refractivity contribution in [2.75, 3.05) is 11.4 Å². The maximum atomic E-state index is 2.89. The smallest absolute Gasteiger partial charge is 0.255 e. The molecule has 10 aliphatic rings. The molecule has 374 valence electrons. The lowest BCUT2D eigenvalue weighted by atomic mass is 9.33. The second kappa shape index (κ2) is 15.6. The standard InChI is InChI=1S/C68H88BNS/c1-15-50-52(65(9,10)24-23-63(50,5)6)22-29-70-57-37-55-54(67(13)27-28-68(55,14)38-67)36-56(57)69-61-45(30-39(2)31-58(61)70)18-20-46(44-19-21-51-53(33-44)66(11,12)26-25-64(51,7)8)60-49-34-47-40(3)42-16-17-43(32-42)41(4)48(47)35-59(49)71-62(60)69/h15,19,21-22,31,33-37,40-43,45-46,51,53H,16-18,20,23-30,32,38H2,1-14H3/b50-15+,52-22+/t40?,41?,42?,43?,45?,46?,51?,53?,67?,68-/m1/s1. The molecule has 0 spiro atoms. The van der Waals surface area contributed by atoms with Gasteiger partial charge in [0.15, 0.2) is 0 Å². The fourth-order valence-electron chi connectivity index (χ4n) is 18.9. The molecular weight excluding hydrogens is 874 g/mol. The van der Waals surface area contributed by atoms with Gasteiger partial charge in [0.25, 0.3) is 6.71 Å². The topological polar surface area (TPSA) is 3.24 Å². The van der Waals surface area contributed by atoms with Crippen LogP contribution in [0.3, 0.4) is 0 Å². The van der Waals surface area contributed by atoms with Crippen LogP contribution in [0.5, 0.6) is 0 Å². The van der Waals surface area contributed by atoms with Crippen LogP contribution in [0.1, 0.15) is 226 Å². The van der Waals surface area contributed by atoms with E-state index in [0.717, 1.165) is 18.4 Å². The Morgan fingerprint density at radius 2 is 1.38 bits per heavy atom. The van der Waals surface area contributed by atoms with Crippen LogP contribution in [0.2, 0.25) is 0 Å². The van der Waals surface area contributed by atoms with Crippen molar-refractivity contribution in [3.8, 4) is 0 Å². The van der Waals surface area contributed by atoms with Gasteiger partial charge in [-0.15, -0.1) is 11.3 Å². The van der Waals surface area contributed by atoms with Crippen molar-refractivity contribution < 1.29 is 0 Å². The summed E-state index contributed by atoms with van der Waals surface area (Å²) in [6, 6.07) is 11.3. The highest BCUT2D eigenvalue weighted by Crippen LogP contribution is 2.63. The van der Waals surface area contributed by atoms with Gasteiger partial charge in [-0.3, -0.25) is 0 Å². The van der Waals surface area contributed by atoms with Crippen LogP contribution in [0.4, 0.5) is 5.69 Å². The SMILES string of the molecule is C/C=C1\C(=C/CN2C3=C4B(c5cc6c(cc52)[C@]2(C)CCC6(C)C2)c2sc5cc6c(cc5c2C(C2=CC5C(C=C2)C(C)(C)CCC5(C)C)CCC4CC(C)=C3)C(C)C2CCC(C2)C6C)C(C)(C)CCC1(C)C. The molecule has 13 rings (SSSR count). The summed E-state index contributed by atoms with van der Waals surface area (Å²) in [7, 11) is 0. The Kier molecular flexibility index (Phi) is 10.4. The van der Waals surface area contributed by atoms with Crippen LogP contribution >= 0.6 is 11.3 Å². The Morgan fingerprint density at radius 1 is 0.732 bits per heavy atom. The van der Waals surface area contributed by atoms with Crippen molar-refractivity contribution >= 4 is 44.1 Å². The Hall–Kier alpha value is -3.30. The number of allylic oxidation sites excluding steroid dienone is 10. The fraction of sp³-hybridized carbons (Fsp3) is 0.618. The first-order valence-corrected chi connectivity index (χ1v) is 30.1. The first-order chi connectivity index (χ1) is 33.5. The highest BCUT2D eigenvalue weighted by molar-refractivity contribution is 7.31. The van der Waals surface area contributed by atoms with E-state index >= 15 is 0 Å². The number of hydrogen-bond donors (Lipinski definition) is 0. The molecule has 0 N–H and O–H groups in total. The molecule has 0 amide bonds. The molecule has 2 aliphatic heterocycles. The van der Waals surface area contributed by atoms with E-state index in [9.17, 15) is 0 Å². The fourth-order valence-corrected chi connectivity index (χ4v) is 20.3. The summed E-state index contributed by atoms with van der Waals surface area (Å²) in [4.78, 5) is 2.89. The Labute approximate surface area is 435 Å². The molecule has 4 fully saturated rings. The molecule has 8 aliphatic carbocycles. The molecule has 3 aromatic rings. The van der Waals surface area contributed by atoms with E-state index in [1.165, 1.54) is 89.2 Å². The first kappa shape index (κ1) is 47.4. The van der Waals surface area contributed by atoms with Crippen LogP contribution in [0.25, 0.3) is 10.1 Å². The highest BCUT2D eigenvalue weighted by atomic mass is 32.1. The van der Waals surface area contributed by atoms with Crippen LogP contribution in [0.15, 0.2) is 94.2 Å². The van der Waals surface area contributed by atoms with E-state index in [1.54, 1.807) is 81.6 Å². The first-order valence-electron chi connectivity index (χ1n) is 29.3. The van der Waals surface area contributed by atoms with Gasteiger partial charge in [-0.1, -0.05) is 131 Å². The van der Waals surface area contributed by atoms with Gasteiger partial charge in [-0.05, 0) is 256 Å². The Bertz CT molecular complexity index is 2990. The summed E-state index contributed by atoms with van der Waals surface area (Å²) in [6.45, 7) is 36.8. The summed E-state index contributed by atoms with van der Waals surface area (Å²) in [5.41, 5.74) is 22.7. The summed E-state index contributed by atoms with van der Waals surface area (Å²) >= 11 is 2.25. The summed E-state index contributed by atoms with van der Waals surface area (Å²) < 4.78 is 3.27. The summed E-state index contributed by atoms with van der Waals surface area (Å²) in [5, 5.41) is 1.61. The van der Waals surface area contributed by atoms with E-state index in [2.05, 4.69) is 174 Å². The second-order valence-electron chi connectivity index (χ2n) is 29.6. The molecule has 4 bridgehead atoms. The summed E-state index contributed by atoms with van der Waals surface area (Å²) in [5.74, 6) is 4.99. The van der Waals surface area contributed by atoms with Gasteiger partial charge in [-0.2, -0.15) is 0 Å². The maximum Gasteiger partial charge on any atom is 0.255 e. The average molecular weight is 962 g/mol. The van der Waals surface area contributed by atoms with Crippen molar-refractivity contribution in [2.24, 2.45) is 51.2 Å². The van der Waals surface area contributed by atoms with Crippen molar-refractivity contribution in [3.05, 3.63) is 122 Å². The maximum absolute atomic E-state index is 2.89. The number of benzene rings is 2. The van der Waals surface area contributed by atoms with Gasteiger partial charge in [0.05, 0.1) is 0 Å². The molecule has 10 atom stereocenters. The zero-order valence-electron chi connectivity index (χ0n) is 46.7. The van der Waals surface area contributed by atoms with Crippen LogP contribution < -0.4 is 15.1 Å². The second-order valence-corrected chi connectivity index (χ2v) is 30.7. The predicted molar refractivity (Wildman–Crippen MR) is 307 cm³/mol. The average Bonchev–Trinajstić information content (AvgIpc) is 4.07. The number of thiophene rings is 1. The van der Waals surface area contributed by atoms with E-state index in [-0.39, 0.29) is 28.4 Å². The van der Waals surface area contributed by atoms with E-state index < -0.39 is 0 Å². The lowest BCUT2D eigenvalue weighted by Crippen LogP contribution is -2.55. The van der Waals surface area contributed by atoms with Crippen LogP contribution in [-0.4, -0.2) is 13.3 Å². The third-order valence-corrected chi connectivity index (χ3v) is 24.7. The van der Waals surface area contributed by atoms with E-state index in [4.69, 9.17) is 0 Å². The third-order valence-electron chi connectivity index (χ3n) is 23.4. The summed E-state index contributed by atoms with van der Waals surface area (Å²) in [6.07, 6.45) is 33.1. The number of nitrogens with zero attached hydrogens (tertiary/aromatic N) is 1. The van der Waals surface area contributed by atoms with Crippen LogP contribution in [0, 0.1) is 51.2 Å². The molecule has 9 unspecified atom stereocenters. The normalized spacial score (nSPS) is 37.7. The number of hydrogen-bond acceptors (Lipinski definition) is 2. The lowest BCUT2D eigenvalue weighted by molar-refractivity contribution is 0.0324. The largest absolute Gasteiger partial charge is 0.339 e. The van der Waals surface area contributed by atoms with Gasteiger partial charge in [0.2, 0.25) is 0 Å². The Morgan fingerprint density at radius 3 is 2.07 bits per heavy atom. The third kappa shape index (κ3) is 6.86. The van der Waals surface area contributed by atoms with Gasteiger partial charge in [-0.25, -0.2) is 0 Å². The van der Waals surface area contributed by atoms with Gasteiger partial charge >= 0.3 is 0 Å². The molecule has 3 heterocycles. The number of fused-ring (bicyclic) bond motifs is 15. The van der Waals surface area contributed by atoms with Crippen molar-refractivity contribution in [3.63, 3.8) is 0 Å². The molecule has 1 aromatic heterocycles. The monoisotopic (exact) mass is 962 g/mol. The molecular formula is C68H88BNS. The van der Waals surface area contributed by atoms with Crippen molar-refractivity contribution in [1.29, 1.82) is 0 Å². The molecule has 1 nitrogen and oxygen atoms in total. The van der Waals surface area contributed by atoms with E-state index in [0.29, 0.717) is 46.3 Å². The molecule has 2 aromatic carbocycles. The molecule has 0 saturated heterocycles. The minimum Gasteiger partial charge on any atom is -0.339 e. The number of anilines is 1. The van der Waals surface area contributed by atoms with Crippen molar-refractivity contribution in [1.82, 2.24) is 0 Å². The van der Waals surface area contributed by atoms with E-state index in [1.807, 2.05) is 0 Å². The van der Waals surface area contributed by atoms with Gasteiger partial charge < -0.3 is 4.90 Å². The molecule has 3 heteroatoms. The lowest BCUT2D eigenvalue weighted by Gasteiger charge is -2.52. The number of rotatable bonds is 3. The molecule has 0 radical (unpaired) electrons. The zero-order valence-corrected chi connectivity index (χ0v) is 47.5. The van der Waals surface area contributed by atoms with Gasteiger partial charge in [0.1, 0.15) is 0 Å². The van der Waals surface area contributed by atoms with Gasteiger partial charge in [0, 0.05) is 28.5 Å². The van der Waals surface area contributed by atoms with Crippen LogP contribution in [-0.2, 0) is 10.8 Å². The highest BCUT2D eigenvalue weighted by Gasteiger charge is 2.56. The predicted octanol–water partition coefficient (Wildman–Crippen LogP) is 17.6. The minimum absolute atomic E-state index is 0.148. The Balaban J connectivity index is 1.08. The molecule has 71 heavy (non-hydrogen) atoms. The minimum atomic E-state index is 0.148. The van der Waals surface area contributed by atoms with Crippen molar-refractivity contribution in [2.45, 2.75) is 209 Å².